The lowest BCUT2D eigenvalue weighted by Gasteiger charge is -2.29. The second kappa shape index (κ2) is 5.33. The van der Waals surface area contributed by atoms with E-state index in [1.807, 2.05) is 12.1 Å². The molecule has 0 atom stereocenters. The summed E-state index contributed by atoms with van der Waals surface area (Å²) in [6.45, 7) is 3.48. The molecule has 2 aromatic rings. The van der Waals surface area contributed by atoms with Crippen LogP contribution in [0.25, 0.3) is 11.1 Å². The van der Waals surface area contributed by atoms with Crippen LogP contribution in [0.2, 0.25) is 0 Å². The van der Waals surface area contributed by atoms with Gasteiger partial charge in [-0.15, -0.1) is 0 Å². The third-order valence-corrected chi connectivity index (χ3v) is 3.42. The van der Waals surface area contributed by atoms with Crippen molar-refractivity contribution in [3.8, 4) is 16.9 Å². The van der Waals surface area contributed by atoms with Crippen molar-refractivity contribution >= 4 is 5.69 Å². The Morgan fingerprint density at radius 1 is 0.895 bits per heavy atom. The zero-order valence-electron chi connectivity index (χ0n) is 10.7. The quantitative estimate of drug-likeness (QED) is 0.895. The molecule has 1 saturated heterocycles. The van der Waals surface area contributed by atoms with E-state index in [4.69, 9.17) is 4.74 Å². The maximum atomic E-state index is 9.34. The predicted octanol–water partition coefficient (Wildman–Crippen LogP) is 2.90. The molecule has 3 rings (SSSR count). The lowest BCUT2D eigenvalue weighted by atomic mass is 10.0. The Morgan fingerprint density at radius 3 is 2.37 bits per heavy atom. The second-order valence-electron chi connectivity index (χ2n) is 4.70. The van der Waals surface area contributed by atoms with Gasteiger partial charge in [0, 0.05) is 18.8 Å². The molecule has 0 spiro atoms. The van der Waals surface area contributed by atoms with Crippen molar-refractivity contribution in [2.45, 2.75) is 0 Å². The van der Waals surface area contributed by atoms with Gasteiger partial charge in [-0.25, -0.2) is 0 Å². The number of aromatic hydroxyl groups is 1. The van der Waals surface area contributed by atoms with E-state index in [9.17, 15) is 5.11 Å². The molecule has 2 aromatic carbocycles. The number of anilines is 1. The molecular weight excluding hydrogens is 238 g/mol. The van der Waals surface area contributed by atoms with E-state index in [2.05, 4.69) is 29.2 Å². The van der Waals surface area contributed by atoms with Gasteiger partial charge >= 0.3 is 0 Å². The fourth-order valence-corrected chi connectivity index (χ4v) is 2.36. The van der Waals surface area contributed by atoms with Gasteiger partial charge in [-0.05, 0) is 35.4 Å². The maximum absolute atomic E-state index is 9.34. The van der Waals surface area contributed by atoms with Gasteiger partial charge in [-0.2, -0.15) is 0 Å². The van der Waals surface area contributed by atoms with Crippen molar-refractivity contribution in [2.75, 3.05) is 31.2 Å². The molecule has 0 unspecified atom stereocenters. The van der Waals surface area contributed by atoms with E-state index in [1.54, 1.807) is 12.1 Å². The average Bonchev–Trinajstić information content (AvgIpc) is 2.49. The summed E-state index contributed by atoms with van der Waals surface area (Å²) in [4.78, 5) is 2.34. The number of ether oxygens (including phenoxy) is 1. The van der Waals surface area contributed by atoms with Crippen LogP contribution in [0.5, 0.6) is 5.75 Å². The molecule has 0 aromatic heterocycles. The smallest absolute Gasteiger partial charge is 0.115 e. The van der Waals surface area contributed by atoms with Crippen LogP contribution in [-0.2, 0) is 4.74 Å². The third kappa shape index (κ3) is 2.71. The number of phenols is 1. The van der Waals surface area contributed by atoms with Crippen molar-refractivity contribution in [1.82, 2.24) is 0 Å². The number of hydrogen-bond acceptors (Lipinski definition) is 3. The highest BCUT2D eigenvalue weighted by Crippen LogP contribution is 2.26. The number of rotatable bonds is 2. The van der Waals surface area contributed by atoms with Gasteiger partial charge < -0.3 is 14.7 Å². The molecule has 0 amide bonds. The Hall–Kier alpha value is -2.00. The first kappa shape index (κ1) is 12.1. The molecule has 1 N–H and O–H groups in total. The number of benzene rings is 2. The fourth-order valence-electron chi connectivity index (χ4n) is 2.36. The van der Waals surface area contributed by atoms with Crippen molar-refractivity contribution in [3.63, 3.8) is 0 Å². The number of hydrogen-bond donors (Lipinski definition) is 1. The summed E-state index contributed by atoms with van der Waals surface area (Å²) in [5.74, 6) is 0.299. The van der Waals surface area contributed by atoms with Crippen LogP contribution in [0.3, 0.4) is 0 Å². The Kier molecular flexibility index (Phi) is 3.38. The highest BCUT2D eigenvalue weighted by molar-refractivity contribution is 5.69. The lowest BCUT2D eigenvalue weighted by Crippen LogP contribution is -2.36. The molecule has 0 bridgehead atoms. The average molecular weight is 255 g/mol. The van der Waals surface area contributed by atoms with Gasteiger partial charge in [0.2, 0.25) is 0 Å². The second-order valence-corrected chi connectivity index (χ2v) is 4.70. The van der Waals surface area contributed by atoms with E-state index in [1.165, 1.54) is 11.3 Å². The third-order valence-electron chi connectivity index (χ3n) is 3.42. The van der Waals surface area contributed by atoms with E-state index in [0.29, 0.717) is 5.75 Å². The normalized spacial score (nSPS) is 15.5. The largest absolute Gasteiger partial charge is 0.508 e. The monoisotopic (exact) mass is 255 g/mol. The summed E-state index contributed by atoms with van der Waals surface area (Å²) in [5.41, 5.74) is 3.52. The van der Waals surface area contributed by atoms with Crippen molar-refractivity contribution < 1.29 is 9.84 Å². The molecule has 0 saturated carbocycles. The van der Waals surface area contributed by atoms with Gasteiger partial charge in [0.05, 0.1) is 13.2 Å². The van der Waals surface area contributed by atoms with Crippen LogP contribution in [0.4, 0.5) is 5.69 Å². The number of morpholine rings is 1. The summed E-state index contributed by atoms with van der Waals surface area (Å²) in [6.07, 6.45) is 0. The van der Waals surface area contributed by atoms with Crippen LogP contribution < -0.4 is 4.90 Å². The zero-order chi connectivity index (χ0) is 13.1. The Labute approximate surface area is 113 Å². The molecule has 1 aliphatic rings. The van der Waals surface area contributed by atoms with Crippen molar-refractivity contribution in [2.24, 2.45) is 0 Å². The van der Waals surface area contributed by atoms with Gasteiger partial charge in [0.1, 0.15) is 5.75 Å². The molecule has 3 heteroatoms. The van der Waals surface area contributed by atoms with E-state index in [-0.39, 0.29) is 0 Å². The molecule has 1 fully saturated rings. The maximum Gasteiger partial charge on any atom is 0.115 e. The summed E-state index contributed by atoms with van der Waals surface area (Å²) < 4.78 is 5.38. The summed E-state index contributed by atoms with van der Waals surface area (Å²) in [7, 11) is 0. The minimum absolute atomic E-state index is 0.299. The highest BCUT2D eigenvalue weighted by Gasteiger charge is 2.11. The first-order valence-corrected chi connectivity index (χ1v) is 6.55. The molecule has 0 radical (unpaired) electrons. The van der Waals surface area contributed by atoms with Crippen LogP contribution in [0.15, 0.2) is 48.5 Å². The lowest BCUT2D eigenvalue weighted by molar-refractivity contribution is 0.122. The minimum Gasteiger partial charge on any atom is -0.508 e. The highest BCUT2D eigenvalue weighted by atomic mass is 16.5. The van der Waals surface area contributed by atoms with Crippen LogP contribution in [0, 0.1) is 0 Å². The van der Waals surface area contributed by atoms with Crippen molar-refractivity contribution in [1.29, 1.82) is 0 Å². The summed E-state index contributed by atoms with van der Waals surface area (Å²) >= 11 is 0. The van der Waals surface area contributed by atoms with Crippen LogP contribution in [-0.4, -0.2) is 31.4 Å². The van der Waals surface area contributed by atoms with E-state index in [0.717, 1.165) is 31.9 Å². The number of phenolic OH excluding ortho intramolecular Hbond substituents is 1. The standard InChI is InChI=1S/C16H17NO2/c18-16-6-4-13(5-7-16)14-2-1-3-15(12-14)17-8-10-19-11-9-17/h1-7,12,18H,8-11H2. The molecule has 1 heterocycles. The summed E-state index contributed by atoms with van der Waals surface area (Å²) in [6, 6.07) is 15.8. The molecule has 1 aliphatic heterocycles. The van der Waals surface area contributed by atoms with Gasteiger partial charge in [-0.1, -0.05) is 24.3 Å². The topological polar surface area (TPSA) is 32.7 Å². The van der Waals surface area contributed by atoms with Crippen LogP contribution in [0.1, 0.15) is 0 Å². The van der Waals surface area contributed by atoms with E-state index < -0.39 is 0 Å². The molecule has 19 heavy (non-hydrogen) atoms. The minimum atomic E-state index is 0.299. The molecule has 98 valence electrons. The van der Waals surface area contributed by atoms with Crippen LogP contribution >= 0.6 is 0 Å². The van der Waals surface area contributed by atoms with E-state index >= 15 is 0 Å². The summed E-state index contributed by atoms with van der Waals surface area (Å²) in [5, 5.41) is 9.34. The van der Waals surface area contributed by atoms with Gasteiger partial charge in [0.15, 0.2) is 0 Å². The van der Waals surface area contributed by atoms with Gasteiger partial charge in [-0.3, -0.25) is 0 Å². The molecule has 0 aliphatic carbocycles. The first-order valence-electron chi connectivity index (χ1n) is 6.55. The predicted molar refractivity (Wildman–Crippen MR) is 76.6 cm³/mol. The Bertz CT molecular complexity index is 545. The molecule has 3 nitrogen and oxygen atoms in total. The fraction of sp³-hybridized carbons (Fsp3) is 0.250. The van der Waals surface area contributed by atoms with Crippen molar-refractivity contribution in [3.05, 3.63) is 48.5 Å². The zero-order valence-corrected chi connectivity index (χ0v) is 10.7. The first-order chi connectivity index (χ1) is 9.33. The van der Waals surface area contributed by atoms with Gasteiger partial charge in [0.25, 0.3) is 0 Å². The number of nitrogens with zero attached hydrogens (tertiary/aromatic N) is 1. The molecular formula is C16H17NO2. The Balaban J connectivity index is 1.88. The Morgan fingerprint density at radius 2 is 1.63 bits per heavy atom. The SMILES string of the molecule is Oc1ccc(-c2cccc(N3CCOCC3)c2)cc1.